The van der Waals surface area contributed by atoms with E-state index < -0.39 is 25.1 Å². The zero-order valence-electron chi connectivity index (χ0n) is 9.33. The van der Waals surface area contributed by atoms with Crippen LogP contribution in [0.5, 0.6) is 0 Å². The predicted molar refractivity (Wildman–Crippen MR) is 50.8 cm³/mol. The van der Waals surface area contributed by atoms with E-state index in [1.165, 1.54) is 7.11 Å². The lowest BCUT2D eigenvalue weighted by Crippen LogP contribution is -2.49. The normalized spacial score (nSPS) is 22.6. The fourth-order valence-corrected chi connectivity index (χ4v) is 1.85. The summed E-state index contributed by atoms with van der Waals surface area (Å²) in [6.07, 6.45) is -9.37. The zero-order valence-corrected chi connectivity index (χ0v) is 9.33. The van der Waals surface area contributed by atoms with Crippen molar-refractivity contribution in [1.29, 1.82) is 0 Å². The Labute approximate surface area is 96.1 Å². The first-order valence-corrected chi connectivity index (χ1v) is 5.13. The molecule has 0 N–H and O–H groups in total. The quantitative estimate of drug-likeness (QED) is 0.673. The van der Waals surface area contributed by atoms with Gasteiger partial charge in [0.05, 0.1) is 13.4 Å². The average Bonchev–Trinajstić information content (AvgIpc) is 2.66. The van der Waals surface area contributed by atoms with Crippen molar-refractivity contribution in [3.8, 4) is 0 Å². The van der Waals surface area contributed by atoms with Gasteiger partial charge in [0.2, 0.25) is 0 Å². The average molecular weight is 262 g/mol. The lowest BCUT2D eigenvalue weighted by Gasteiger charge is -2.29. The number of hydrogen-bond donors (Lipinski definition) is 0. The van der Waals surface area contributed by atoms with Crippen molar-refractivity contribution >= 4 is 0 Å². The van der Waals surface area contributed by atoms with Gasteiger partial charge in [-0.2, -0.15) is 0 Å². The molecule has 0 amide bonds. The molecule has 0 saturated carbocycles. The van der Waals surface area contributed by atoms with Crippen molar-refractivity contribution in [2.75, 3.05) is 33.6 Å². The molecule has 8 heteroatoms. The SMILES string of the molecule is COCN1CCN(C(C(F)F)C(F)C(F)F)C1. The van der Waals surface area contributed by atoms with Crippen LogP contribution in [-0.4, -0.2) is 68.5 Å². The molecule has 2 atom stereocenters. The highest BCUT2D eigenvalue weighted by atomic mass is 19.3. The van der Waals surface area contributed by atoms with Crippen LogP contribution in [0.2, 0.25) is 0 Å². The molecule has 3 nitrogen and oxygen atoms in total. The summed E-state index contributed by atoms with van der Waals surface area (Å²) < 4.78 is 67.4. The Bertz CT molecular complexity index is 231. The molecule has 0 aromatic rings. The van der Waals surface area contributed by atoms with Gasteiger partial charge in [-0.3, -0.25) is 9.80 Å². The molecule has 102 valence electrons. The number of hydrogen-bond acceptors (Lipinski definition) is 3. The summed E-state index contributed by atoms with van der Waals surface area (Å²) in [6, 6.07) is -2.06. The zero-order chi connectivity index (χ0) is 13.0. The van der Waals surface area contributed by atoms with E-state index >= 15 is 0 Å². The second kappa shape index (κ2) is 6.46. The molecule has 1 aliphatic heterocycles. The minimum absolute atomic E-state index is 0.00991. The van der Waals surface area contributed by atoms with E-state index in [0.29, 0.717) is 6.54 Å². The Morgan fingerprint density at radius 3 is 2.18 bits per heavy atom. The fraction of sp³-hybridized carbons (Fsp3) is 1.00. The molecule has 0 radical (unpaired) electrons. The van der Waals surface area contributed by atoms with Crippen LogP contribution >= 0.6 is 0 Å². The summed E-state index contributed by atoms with van der Waals surface area (Å²) in [5, 5.41) is 0. The van der Waals surface area contributed by atoms with Gasteiger partial charge in [-0.1, -0.05) is 0 Å². The molecule has 1 rings (SSSR count). The predicted octanol–water partition coefficient (Wildman–Crippen LogP) is 1.40. The number of ether oxygens (including phenoxy) is 1. The molecule has 0 aliphatic carbocycles. The molecule has 1 heterocycles. The van der Waals surface area contributed by atoms with Gasteiger partial charge in [-0.15, -0.1) is 0 Å². The molecule has 0 bridgehead atoms. The molecule has 0 spiro atoms. The maximum atomic E-state index is 13.1. The van der Waals surface area contributed by atoms with Crippen LogP contribution in [-0.2, 0) is 4.74 Å². The van der Waals surface area contributed by atoms with Crippen LogP contribution in [0.15, 0.2) is 0 Å². The second-order valence-corrected chi connectivity index (χ2v) is 3.87. The van der Waals surface area contributed by atoms with Crippen LogP contribution in [0.25, 0.3) is 0 Å². The van der Waals surface area contributed by atoms with Gasteiger partial charge in [-0.05, 0) is 0 Å². The third-order valence-corrected chi connectivity index (χ3v) is 2.64. The van der Waals surface area contributed by atoms with E-state index in [2.05, 4.69) is 0 Å². The molecule has 0 aromatic heterocycles. The summed E-state index contributed by atoms with van der Waals surface area (Å²) >= 11 is 0. The number of methoxy groups -OCH3 is 1. The Hall–Kier alpha value is -0.470. The van der Waals surface area contributed by atoms with Crippen LogP contribution in [0.1, 0.15) is 0 Å². The summed E-state index contributed by atoms with van der Waals surface area (Å²) in [6.45, 7) is 0.743. The van der Waals surface area contributed by atoms with Crippen molar-refractivity contribution < 1.29 is 26.7 Å². The number of rotatable bonds is 6. The largest absolute Gasteiger partial charge is 0.369 e. The molecule has 1 aliphatic rings. The second-order valence-electron chi connectivity index (χ2n) is 3.87. The third-order valence-electron chi connectivity index (χ3n) is 2.64. The summed E-state index contributed by atoms with van der Waals surface area (Å²) in [7, 11) is 1.43. The molecular weight excluding hydrogens is 247 g/mol. The van der Waals surface area contributed by atoms with Gasteiger partial charge < -0.3 is 4.74 Å². The van der Waals surface area contributed by atoms with Gasteiger partial charge in [-0.25, -0.2) is 22.0 Å². The maximum Gasteiger partial charge on any atom is 0.271 e. The van der Waals surface area contributed by atoms with E-state index in [1.54, 1.807) is 4.90 Å². The standard InChI is InChI=1S/C9H15F5N2O/c1-17-5-15-2-3-16(4-15)7(9(13)14)6(10)8(11)12/h6-9H,2-5H2,1H3. The lowest BCUT2D eigenvalue weighted by molar-refractivity contribution is -0.0692. The smallest absolute Gasteiger partial charge is 0.271 e. The Morgan fingerprint density at radius 1 is 1.06 bits per heavy atom. The van der Waals surface area contributed by atoms with E-state index in [1.807, 2.05) is 0 Å². The van der Waals surface area contributed by atoms with Gasteiger partial charge in [0.1, 0.15) is 6.04 Å². The van der Waals surface area contributed by atoms with Gasteiger partial charge >= 0.3 is 0 Å². The topological polar surface area (TPSA) is 15.7 Å². The molecule has 17 heavy (non-hydrogen) atoms. The lowest BCUT2D eigenvalue weighted by atomic mass is 10.1. The number of halogens is 5. The van der Waals surface area contributed by atoms with Crippen LogP contribution in [0.4, 0.5) is 22.0 Å². The highest BCUT2D eigenvalue weighted by Crippen LogP contribution is 2.23. The van der Waals surface area contributed by atoms with Crippen molar-refractivity contribution in [3.63, 3.8) is 0 Å². The summed E-state index contributed by atoms with van der Waals surface area (Å²) in [5.74, 6) is 0. The first-order chi connectivity index (χ1) is 7.97. The summed E-state index contributed by atoms with van der Waals surface area (Å²) in [4.78, 5) is 2.66. The Kier molecular flexibility index (Phi) is 5.54. The molecule has 1 fully saturated rings. The molecule has 2 unspecified atom stereocenters. The monoisotopic (exact) mass is 262 g/mol. The maximum absolute atomic E-state index is 13.1. The minimum Gasteiger partial charge on any atom is -0.369 e. The highest BCUT2D eigenvalue weighted by molar-refractivity contribution is 4.86. The van der Waals surface area contributed by atoms with E-state index in [-0.39, 0.29) is 19.9 Å². The van der Waals surface area contributed by atoms with Crippen molar-refractivity contribution in [2.24, 2.45) is 0 Å². The van der Waals surface area contributed by atoms with E-state index in [0.717, 1.165) is 4.90 Å². The third kappa shape index (κ3) is 3.75. The fourth-order valence-electron chi connectivity index (χ4n) is 1.85. The number of alkyl halides is 5. The van der Waals surface area contributed by atoms with Crippen LogP contribution < -0.4 is 0 Å². The van der Waals surface area contributed by atoms with Crippen molar-refractivity contribution in [1.82, 2.24) is 9.80 Å². The van der Waals surface area contributed by atoms with E-state index in [4.69, 9.17) is 4.74 Å². The summed E-state index contributed by atoms with van der Waals surface area (Å²) in [5.41, 5.74) is 0. The first-order valence-electron chi connectivity index (χ1n) is 5.13. The first kappa shape index (κ1) is 14.6. The Morgan fingerprint density at radius 2 is 1.71 bits per heavy atom. The van der Waals surface area contributed by atoms with Crippen LogP contribution in [0, 0.1) is 0 Å². The Balaban J connectivity index is 2.60. The van der Waals surface area contributed by atoms with Gasteiger partial charge in [0.25, 0.3) is 12.9 Å². The highest BCUT2D eigenvalue weighted by Gasteiger charge is 2.42. The van der Waals surface area contributed by atoms with Gasteiger partial charge in [0, 0.05) is 20.2 Å². The van der Waals surface area contributed by atoms with Crippen molar-refractivity contribution in [3.05, 3.63) is 0 Å². The molecular formula is C9H15F5N2O. The van der Waals surface area contributed by atoms with Gasteiger partial charge in [0.15, 0.2) is 6.17 Å². The van der Waals surface area contributed by atoms with Crippen LogP contribution in [0.3, 0.4) is 0 Å². The minimum atomic E-state index is -3.40. The number of nitrogens with zero attached hydrogens (tertiary/aromatic N) is 2. The molecule has 1 saturated heterocycles. The van der Waals surface area contributed by atoms with E-state index in [9.17, 15) is 22.0 Å². The van der Waals surface area contributed by atoms with Crippen molar-refractivity contribution in [2.45, 2.75) is 25.1 Å². The molecule has 0 aromatic carbocycles.